The highest BCUT2D eigenvalue weighted by atomic mass is 32.2. The molecule has 0 atom stereocenters. The SMILES string of the molecule is C/C=C/CCCSCC. The highest BCUT2D eigenvalue weighted by molar-refractivity contribution is 7.99. The molecule has 0 unspecified atom stereocenters. The predicted molar refractivity (Wildman–Crippen MR) is 47.0 cm³/mol. The maximum Gasteiger partial charge on any atom is -0.00647 e. The van der Waals surface area contributed by atoms with Crippen molar-refractivity contribution in [2.45, 2.75) is 26.7 Å². The van der Waals surface area contributed by atoms with Crippen molar-refractivity contribution in [3.8, 4) is 0 Å². The molecule has 0 fully saturated rings. The first-order chi connectivity index (χ1) is 4.41. The van der Waals surface area contributed by atoms with Crippen LogP contribution in [0.25, 0.3) is 0 Å². The molecule has 0 spiro atoms. The van der Waals surface area contributed by atoms with Crippen LogP contribution in [0, 0.1) is 0 Å². The minimum Gasteiger partial charge on any atom is -0.162 e. The van der Waals surface area contributed by atoms with Gasteiger partial charge in [-0.2, -0.15) is 11.8 Å². The highest BCUT2D eigenvalue weighted by Crippen LogP contribution is 2.03. The average Bonchev–Trinajstić information content (AvgIpc) is 1.89. The summed E-state index contributed by atoms with van der Waals surface area (Å²) in [6.45, 7) is 4.29. The molecule has 0 aromatic heterocycles. The van der Waals surface area contributed by atoms with Crippen molar-refractivity contribution in [1.29, 1.82) is 0 Å². The predicted octanol–water partition coefficient (Wildman–Crippen LogP) is 3.10. The van der Waals surface area contributed by atoms with E-state index in [-0.39, 0.29) is 0 Å². The number of hydrogen-bond donors (Lipinski definition) is 0. The Kier molecular flexibility index (Phi) is 8.17. The topological polar surface area (TPSA) is 0 Å². The fourth-order valence-electron chi connectivity index (χ4n) is 0.614. The van der Waals surface area contributed by atoms with E-state index in [9.17, 15) is 0 Å². The third-order valence-electron chi connectivity index (χ3n) is 1.10. The highest BCUT2D eigenvalue weighted by Gasteiger charge is 1.82. The number of unbranched alkanes of at least 4 members (excludes halogenated alkanes) is 1. The number of rotatable bonds is 5. The van der Waals surface area contributed by atoms with Gasteiger partial charge in [0.05, 0.1) is 0 Å². The molecule has 0 aromatic rings. The van der Waals surface area contributed by atoms with E-state index in [2.05, 4.69) is 26.0 Å². The van der Waals surface area contributed by atoms with Crippen LogP contribution in [0.5, 0.6) is 0 Å². The Balaban J connectivity index is 2.75. The second-order valence-electron chi connectivity index (χ2n) is 1.91. The summed E-state index contributed by atoms with van der Waals surface area (Å²) in [5.41, 5.74) is 0. The van der Waals surface area contributed by atoms with E-state index < -0.39 is 0 Å². The number of allylic oxidation sites excluding steroid dienone is 2. The summed E-state index contributed by atoms with van der Waals surface area (Å²) in [6, 6.07) is 0. The summed E-state index contributed by atoms with van der Waals surface area (Å²) in [4.78, 5) is 0. The lowest BCUT2D eigenvalue weighted by molar-refractivity contribution is 0.970. The summed E-state index contributed by atoms with van der Waals surface area (Å²) < 4.78 is 0. The van der Waals surface area contributed by atoms with Gasteiger partial charge in [0, 0.05) is 0 Å². The van der Waals surface area contributed by atoms with Crippen molar-refractivity contribution in [1.82, 2.24) is 0 Å². The Morgan fingerprint density at radius 3 is 2.78 bits per heavy atom. The molecule has 0 aromatic carbocycles. The average molecular weight is 144 g/mol. The zero-order valence-corrected chi connectivity index (χ0v) is 7.21. The van der Waals surface area contributed by atoms with E-state index in [4.69, 9.17) is 0 Å². The van der Waals surface area contributed by atoms with Gasteiger partial charge in [-0.15, -0.1) is 0 Å². The lowest BCUT2D eigenvalue weighted by Crippen LogP contribution is -1.77. The number of thioether (sulfide) groups is 1. The Bertz CT molecular complexity index is 67.0. The number of hydrogen-bond acceptors (Lipinski definition) is 1. The van der Waals surface area contributed by atoms with Gasteiger partial charge in [-0.05, 0) is 31.3 Å². The van der Waals surface area contributed by atoms with Crippen LogP contribution >= 0.6 is 11.8 Å². The van der Waals surface area contributed by atoms with E-state index in [0.717, 1.165) is 0 Å². The molecule has 0 aliphatic heterocycles. The fraction of sp³-hybridized carbons (Fsp3) is 0.750. The molecule has 0 saturated carbocycles. The van der Waals surface area contributed by atoms with Crippen molar-refractivity contribution < 1.29 is 0 Å². The van der Waals surface area contributed by atoms with Gasteiger partial charge in [0.1, 0.15) is 0 Å². The molecule has 0 amide bonds. The summed E-state index contributed by atoms with van der Waals surface area (Å²) >= 11 is 2.02. The standard InChI is InChI=1S/C8H16S/c1-3-5-6-7-8-9-4-2/h3,5H,4,6-8H2,1-2H3/b5-3+. The second kappa shape index (κ2) is 8.09. The first kappa shape index (κ1) is 9.09. The van der Waals surface area contributed by atoms with Crippen molar-refractivity contribution in [2.75, 3.05) is 11.5 Å². The van der Waals surface area contributed by atoms with E-state index >= 15 is 0 Å². The minimum absolute atomic E-state index is 1.25. The van der Waals surface area contributed by atoms with Crippen LogP contribution in [-0.2, 0) is 0 Å². The van der Waals surface area contributed by atoms with Crippen LogP contribution in [0.4, 0.5) is 0 Å². The van der Waals surface area contributed by atoms with Gasteiger partial charge in [-0.1, -0.05) is 19.1 Å². The van der Waals surface area contributed by atoms with Crippen molar-refractivity contribution in [3.63, 3.8) is 0 Å². The van der Waals surface area contributed by atoms with Crippen molar-refractivity contribution >= 4 is 11.8 Å². The lowest BCUT2D eigenvalue weighted by Gasteiger charge is -1.92. The Morgan fingerprint density at radius 2 is 2.22 bits per heavy atom. The third kappa shape index (κ3) is 8.09. The molecule has 54 valence electrons. The van der Waals surface area contributed by atoms with Gasteiger partial charge >= 0.3 is 0 Å². The van der Waals surface area contributed by atoms with E-state index in [1.165, 1.54) is 24.3 Å². The minimum atomic E-state index is 1.25. The van der Waals surface area contributed by atoms with Gasteiger partial charge < -0.3 is 0 Å². The first-order valence-electron chi connectivity index (χ1n) is 3.60. The molecule has 9 heavy (non-hydrogen) atoms. The lowest BCUT2D eigenvalue weighted by atomic mass is 10.3. The van der Waals surface area contributed by atoms with Gasteiger partial charge in [0.25, 0.3) is 0 Å². The maximum atomic E-state index is 2.23. The Labute approximate surface area is 62.7 Å². The van der Waals surface area contributed by atoms with E-state index in [1.807, 2.05) is 11.8 Å². The van der Waals surface area contributed by atoms with E-state index in [1.54, 1.807) is 0 Å². The molecule has 0 aliphatic carbocycles. The van der Waals surface area contributed by atoms with Crippen LogP contribution < -0.4 is 0 Å². The molecule has 0 radical (unpaired) electrons. The fourth-order valence-corrected chi connectivity index (χ4v) is 1.27. The molecule has 0 rings (SSSR count). The first-order valence-corrected chi connectivity index (χ1v) is 4.76. The monoisotopic (exact) mass is 144 g/mol. The molecule has 1 heteroatoms. The molecule has 0 aliphatic rings. The summed E-state index contributed by atoms with van der Waals surface area (Å²) in [5.74, 6) is 2.58. The largest absolute Gasteiger partial charge is 0.162 e. The van der Waals surface area contributed by atoms with Gasteiger partial charge in [0.15, 0.2) is 0 Å². The van der Waals surface area contributed by atoms with Crippen molar-refractivity contribution in [3.05, 3.63) is 12.2 Å². The zero-order valence-electron chi connectivity index (χ0n) is 6.39. The van der Waals surface area contributed by atoms with Crippen LogP contribution in [-0.4, -0.2) is 11.5 Å². The normalized spacial score (nSPS) is 10.9. The van der Waals surface area contributed by atoms with Crippen molar-refractivity contribution in [2.24, 2.45) is 0 Å². The van der Waals surface area contributed by atoms with Crippen LogP contribution in [0.3, 0.4) is 0 Å². The third-order valence-corrected chi connectivity index (χ3v) is 2.08. The molecule has 0 bridgehead atoms. The Morgan fingerprint density at radius 1 is 1.44 bits per heavy atom. The van der Waals surface area contributed by atoms with Crippen LogP contribution in [0.15, 0.2) is 12.2 Å². The summed E-state index contributed by atoms with van der Waals surface area (Å²) in [6.07, 6.45) is 6.94. The molecule has 0 N–H and O–H groups in total. The second-order valence-corrected chi connectivity index (χ2v) is 3.30. The summed E-state index contributed by atoms with van der Waals surface area (Å²) in [5, 5.41) is 0. The van der Waals surface area contributed by atoms with Crippen LogP contribution in [0.2, 0.25) is 0 Å². The molecular formula is C8H16S. The molecule has 0 saturated heterocycles. The molecule has 0 heterocycles. The zero-order chi connectivity index (χ0) is 6.95. The quantitative estimate of drug-likeness (QED) is 0.422. The van der Waals surface area contributed by atoms with Gasteiger partial charge in [-0.3, -0.25) is 0 Å². The van der Waals surface area contributed by atoms with E-state index in [0.29, 0.717) is 0 Å². The summed E-state index contributed by atoms with van der Waals surface area (Å²) in [7, 11) is 0. The molecular weight excluding hydrogens is 128 g/mol. The Hall–Kier alpha value is 0.0900. The van der Waals surface area contributed by atoms with Gasteiger partial charge in [-0.25, -0.2) is 0 Å². The van der Waals surface area contributed by atoms with Gasteiger partial charge in [0.2, 0.25) is 0 Å². The molecule has 0 nitrogen and oxygen atoms in total. The smallest absolute Gasteiger partial charge is 0.00647 e. The maximum absolute atomic E-state index is 2.23. The van der Waals surface area contributed by atoms with Crippen LogP contribution in [0.1, 0.15) is 26.7 Å².